The summed E-state index contributed by atoms with van der Waals surface area (Å²) in [5, 5.41) is 8.34. The maximum Gasteiger partial charge on any atom is 0.315 e. The van der Waals surface area contributed by atoms with Crippen LogP contribution in [0.5, 0.6) is 0 Å². The molecule has 1 aromatic rings. The fourth-order valence-corrected chi connectivity index (χ4v) is 3.01. The average molecular weight is 394 g/mol. The van der Waals surface area contributed by atoms with E-state index in [4.69, 9.17) is 4.74 Å². The van der Waals surface area contributed by atoms with Crippen molar-refractivity contribution in [1.82, 2.24) is 20.9 Å². The summed E-state index contributed by atoms with van der Waals surface area (Å²) in [5.74, 6) is -0.484. The van der Waals surface area contributed by atoms with Crippen LogP contribution in [0.25, 0.3) is 0 Å². The fourth-order valence-electron chi connectivity index (χ4n) is 3.01. The maximum absolute atomic E-state index is 12.9. The van der Waals surface area contributed by atoms with E-state index < -0.39 is 12.1 Å². The van der Waals surface area contributed by atoms with Crippen molar-refractivity contribution < 1.29 is 18.7 Å². The molecule has 28 heavy (non-hydrogen) atoms. The molecule has 1 aliphatic heterocycles. The SMILES string of the molecule is CCCC(NC(=O)NCc1ccc(F)cc1)C(=O)NCCCN1CCOCC1. The summed E-state index contributed by atoms with van der Waals surface area (Å²) in [4.78, 5) is 26.8. The largest absolute Gasteiger partial charge is 0.379 e. The smallest absolute Gasteiger partial charge is 0.315 e. The molecule has 1 aliphatic rings. The predicted molar refractivity (Wildman–Crippen MR) is 105 cm³/mol. The van der Waals surface area contributed by atoms with E-state index >= 15 is 0 Å². The first-order valence-electron chi connectivity index (χ1n) is 9.95. The minimum absolute atomic E-state index is 0.166. The highest BCUT2D eigenvalue weighted by Gasteiger charge is 2.19. The summed E-state index contributed by atoms with van der Waals surface area (Å²) in [7, 11) is 0. The van der Waals surface area contributed by atoms with Gasteiger partial charge in [-0.2, -0.15) is 0 Å². The van der Waals surface area contributed by atoms with Gasteiger partial charge in [0.2, 0.25) is 5.91 Å². The van der Waals surface area contributed by atoms with Crippen molar-refractivity contribution >= 4 is 11.9 Å². The topological polar surface area (TPSA) is 82.7 Å². The number of morpholine rings is 1. The van der Waals surface area contributed by atoms with Gasteiger partial charge in [-0.3, -0.25) is 9.69 Å². The van der Waals surface area contributed by atoms with Crippen LogP contribution in [-0.4, -0.2) is 62.3 Å². The van der Waals surface area contributed by atoms with Gasteiger partial charge in [0.1, 0.15) is 11.9 Å². The summed E-state index contributed by atoms with van der Waals surface area (Å²) in [6, 6.07) is 4.94. The molecule has 1 saturated heterocycles. The molecule has 1 fully saturated rings. The van der Waals surface area contributed by atoms with E-state index in [9.17, 15) is 14.0 Å². The number of hydrogen-bond acceptors (Lipinski definition) is 4. The third-order valence-electron chi connectivity index (χ3n) is 4.62. The lowest BCUT2D eigenvalue weighted by atomic mass is 10.1. The summed E-state index contributed by atoms with van der Waals surface area (Å²) in [6.07, 6.45) is 2.21. The molecule has 0 bridgehead atoms. The van der Waals surface area contributed by atoms with Crippen LogP contribution in [0.2, 0.25) is 0 Å². The van der Waals surface area contributed by atoms with Crippen LogP contribution >= 0.6 is 0 Å². The van der Waals surface area contributed by atoms with E-state index in [1.54, 1.807) is 12.1 Å². The number of carbonyl (C=O) groups excluding carboxylic acids is 2. The van der Waals surface area contributed by atoms with E-state index in [0.717, 1.165) is 51.3 Å². The Hall–Kier alpha value is -2.19. The molecule has 3 N–H and O–H groups in total. The van der Waals surface area contributed by atoms with Crippen LogP contribution < -0.4 is 16.0 Å². The molecule has 0 aromatic heterocycles. The van der Waals surface area contributed by atoms with Gasteiger partial charge in [0, 0.05) is 26.2 Å². The van der Waals surface area contributed by atoms with Crippen molar-refractivity contribution in [1.29, 1.82) is 0 Å². The number of nitrogens with zero attached hydrogens (tertiary/aromatic N) is 1. The highest BCUT2D eigenvalue weighted by atomic mass is 19.1. The third-order valence-corrected chi connectivity index (χ3v) is 4.62. The number of benzene rings is 1. The standard InChI is InChI=1S/C20H31FN4O3/c1-2-4-18(19(26)22-9-3-10-25-11-13-28-14-12-25)24-20(27)23-15-16-5-7-17(21)8-6-16/h5-8,18H,2-4,9-15H2,1H3,(H,22,26)(H2,23,24,27). The number of ether oxygens (including phenoxy) is 1. The second-order valence-corrected chi connectivity index (χ2v) is 6.89. The molecular formula is C20H31FN4O3. The van der Waals surface area contributed by atoms with Gasteiger partial charge in [-0.25, -0.2) is 9.18 Å². The molecule has 1 atom stereocenters. The molecule has 3 amide bonds. The summed E-state index contributed by atoms with van der Waals surface area (Å²) in [5.41, 5.74) is 0.788. The Morgan fingerprint density at radius 2 is 1.89 bits per heavy atom. The summed E-state index contributed by atoms with van der Waals surface area (Å²) in [6.45, 7) is 7.14. The van der Waals surface area contributed by atoms with Gasteiger partial charge in [0.25, 0.3) is 0 Å². The molecule has 0 spiro atoms. The lowest BCUT2D eigenvalue weighted by Gasteiger charge is -2.26. The van der Waals surface area contributed by atoms with Crippen LogP contribution in [0.3, 0.4) is 0 Å². The van der Waals surface area contributed by atoms with Crippen molar-refractivity contribution in [3.05, 3.63) is 35.6 Å². The molecule has 0 saturated carbocycles. The Morgan fingerprint density at radius 1 is 1.18 bits per heavy atom. The van der Waals surface area contributed by atoms with Gasteiger partial charge < -0.3 is 20.7 Å². The Bertz CT molecular complexity index is 606. The van der Waals surface area contributed by atoms with Crippen LogP contribution in [0.1, 0.15) is 31.7 Å². The Kier molecular flexibility index (Phi) is 9.71. The van der Waals surface area contributed by atoms with Gasteiger partial charge in [0.05, 0.1) is 13.2 Å². The van der Waals surface area contributed by atoms with E-state index in [1.807, 2.05) is 6.92 Å². The van der Waals surface area contributed by atoms with Gasteiger partial charge in [-0.05, 0) is 37.1 Å². The molecule has 0 radical (unpaired) electrons. The molecule has 8 heteroatoms. The highest BCUT2D eigenvalue weighted by Crippen LogP contribution is 2.03. The van der Waals surface area contributed by atoms with Crippen molar-refractivity contribution in [2.75, 3.05) is 39.4 Å². The highest BCUT2D eigenvalue weighted by molar-refractivity contribution is 5.86. The van der Waals surface area contributed by atoms with Crippen LogP contribution in [-0.2, 0) is 16.1 Å². The van der Waals surface area contributed by atoms with Crippen molar-refractivity contribution in [3.63, 3.8) is 0 Å². The lowest BCUT2D eigenvalue weighted by molar-refractivity contribution is -0.123. The number of hydrogen-bond donors (Lipinski definition) is 3. The number of carbonyl (C=O) groups is 2. The monoisotopic (exact) mass is 394 g/mol. The second-order valence-electron chi connectivity index (χ2n) is 6.89. The Balaban J connectivity index is 1.68. The first kappa shape index (κ1) is 22.1. The van der Waals surface area contributed by atoms with Crippen LogP contribution in [0, 0.1) is 5.82 Å². The molecule has 1 heterocycles. The summed E-state index contributed by atoms with van der Waals surface area (Å²) >= 11 is 0. The van der Waals surface area contributed by atoms with E-state index in [-0.39, 0.29) is 18.3 Å². The van der Waals surface area contributed by atoms with Crippen molar-refractivity contribution in [3.8, 4) is 0 Å². The Labute approximate surface area is 166 Å². The van der Waals surface area contributed by atoms with Gasteiger partial charge >= 0.3 is 6.03 Å². The number of rotatable bonds is 10. The summed E-state index contributed by atoms with van der Waals surface area (Å²) < 4.78 is 18.2. The molecule has 1 aromatic carbocycles. The lowest BCUT2D eigenvalue weighted by Crippen LogP contribution is -2.50. The average Bonchev–Trinajstić information content (AvgIpc) is 2.71. The van der Waals surface area contributed by atoms with Gasteiger partial charge in [-0.1, -0.05) is 25.5 Å². The number of halogens is 1. The number of nitrogens with one attached hydrogen (secondary N) is 3. The minimum atomic E-state index is -0.568. The predicted octanol–water partition coefficient (Wildman–Crippen LogP) is 1.63. The quantitative estimate of drug-likeness (QED) is 0.527. The zero-order valence-corrected chi connectivity index (χ0v) is 16.5. The van der Waals surface area contributed by atoms with Crippen molar-refractivity contribution in [2.45, 2.75) is 38.8 Å². The molecule has 0 aliphatic carbocycles. The van der Waals surface area contributed by atoms with E-state index in [1.165, 1.54) is 12.1 Å². The third kappa shape index (κ3) is 8.22. The molecular weight excluding hydrogens is 363 g/mol. The van der Waals surface area contributed by atoms with Crippen LogP contribution in [0.4, 0.5) is 9.18 Å². The number of urea groups is 1. The molecule has 156 valence electrons. The fraction of sp³-hybridized carbons (Fsp3) is 0.600. The van der Waals surface area contributed by atoms with Crippen LogP contribution in [0.15, 0.2) is 24.3 Å². The maximum atomic E-state index is 12.9. The second kappa shape index (κ2) is 12.3. The first-order chi connectivity index (χ1) is 13.6. The zero-order chi connectivity index (χ0) is 20.2. The molecule has 7 nitrogen and oxygen atoms in total. The van der Waals surface area contributed by atoms with Crippen molar-refractivity contribution in [2.24, 2.45) is 0 Å². The first-order valence-corrected chi connectivity index (χ1v) is 9.95. The van der Waals surface area contributed by atoms with Gasteiger partial charge in [-0.15, -0.1) is 0 Å². The minimum Gasteiger partial charge on any atom is -0.379 e. The van der Waals surface area contributed by atoms with E-state index in [2.05, 4.69) is 20.9 Å². The number of amides is 3. The zero-order valence-electron chi connectivity index (χ0n) is 16.5. The normalized spacial score (nSPS) is 15.6. The Morgan fingerprint density at radius 3 is 2.57 bits per heavy atom. The van der Waals surface area contributed by atoms with E-state index in [0.29, 0.717) is 13.0 Å². The molecule has 1 unspecified atom stereocenters. The molecule has 2 rings (SSSR count). The van der Waals surface area contributed by atoms with Gasteiger partial charge in [0.15, 0.2) is 0 Å².